The van der Waals surface area contributed by atoms with Crippen molar-refractivity contribution in [2.75, 3.05) is 20.7 Å². The van der Waals surface area contributed by atoms with Gasteiger partial charge in [0.2, 0.25) is 5.78 Å². The SMILES string of the molecule is C[C@@H]1C[C@H](N(C)C)[C@@H](O)[C@H](O[C@@H]2[C@@H](C)C(=O)[C@](C)(F)C(=O)O[C@H](C)[C@@]3(C)OC(=O)N[C@@H]3[C@@H](C)C(=O)[C@H](C)C[C@@]2(C)OCC#CC(=O)c2cccs2)O1. The second-order valence-corrected chi connectivity index (χ2v) is 16.0. The molecule has 3 fully saturated rings. The number of thiophene rings is 1. The fourth-order valence-corrected chi connectivity index (χ4v) is 8.15. The number of cyclic esters (lactones) is 1. The van der Waals surface area contributed by atoms with Gasteiger partial charge in [-0.3, -0.25) is 14.4 Å². The number of ether oxygens (including phenoxy) is 5. The minimum Gasteiger partial charge on any atom is -0.456 e. The third-order valence-corrected chi connectivity index (χ3v) is 11.6. The molecule has 0 bridgehead atoms. The minimum atomic E-state index is -3.23. The molecular formula is C37H51FN2O11S. The van der Waals surface area contributed by atoms with Crippen molar-refractivity contribution in [2.24, 2.45) is 17.8 Å². The number of aliphatic hydroxyl groups is 1. The van der Waals surface area contributed by atoms with E-state index in [9.17, 15) is 29.1 Å². The summed E-state index contributed by atoms with van der Waals surface area (Å²) in [4.78, 5) is 69.2. The summed E-state index contributed by atoms with van der Waals surface area (Å²) >= 11 is 1.23. The average Bonchev–Trinajstić information content (AvgIpc) is 3.73. The fourth-order valence-electron chi connectivity index (χ4n) is 7.53. The first-order valence-electron chi connectivity index (χ1n) is 17.5. The molecule has 1 aromatic heterocycles. The Morgan fingerprint density at radius 3 is 2.40 bits per heavy atom. The zero-order valence-corrected chi connectivity index (χ0v) is 32.2. The number of likely N-dealkylation sites (N-methyl/N-ethyl adjacent to an activating group) is 1. The van der Waals surface area contributed by atoms with Crippen molar-refractivity contribution in [3.8, 4) is 11.8 Å². The zero-order chi connectivity index (χ0) is 38.9. The van der Waals surface area contributed by atoms with Gasteiger partial charge in [0.05, 0.1) is 28.7 Å². The summed E-state index contributed by atoms with van der Waals surface area (Å²) in [6.07, 6.45) is -6.19. The average molecular weight is 751 g/mol. The number of rotatable bonds is 6. The van der Waals surface area contributed by atoms with Gasteiger partial charge in [0, 0.05) is 23.8 Å². The molecule has 1 aromatic rings. The van der Waals surface area contributed by atoms with Gasteiger partial charge >= 0.3 is 12.1 Å². The lowest BCUT2D eigenvalue weighted by Crippen LogP contribution is -2.61. The van der Waals surface area contributed by atoms with Gasteiger partial charge in [-0.15, -0.1) is 11.3 Å². The van der Waals surface area contributed by atoms with Crippen molar-refractivity contribution in [3.63, 3.8) is 0 Å². The van der Waals surface area contributed by atoms with E-state index in [2.05, 4.69) is 17.2 Å². The fraction of sp³-hybridized carbons (Fsp3) is 0.703. The lowest BCUT2D eigenvalue weighted by molar-refractivity contribution is -0.296. The molecule has 3 saturated heterocycles. The number of aliphatic hydroxyl groups excluding tert-OH is 1. The molecule has 2 N–H and O–H groups in total. The number of carbonyl (C=O) groups excluding carboxylic acids is 5. The molecule has 15 heteroatoms. The molecule has 0 saturated carbocycles. The van der Waals surface area contributed by atoms with Gasteiger partial charge in [0.1, 0.15) is 24.6 Å². The molecule has 3 aliphatic heterocycles. The number of ketones is 3. The van der Waals surface area contributed by atoms with Crippen molar-refractivity contribution in [1.29, 1.82) is 0 Å². The Labute approximate surface area is 308 Å². The Bertz CT molecular complexity index is 1570. The number of amides is 1. The molecule has 0 aromatic carbocycles. The van der Waals surface area contributed by atoms with Gasteiger partial charge in [0.25, 0.3) is 5.67 Å². The van der Waals surface area contributed by atoms with E-state index in [1.165, 1.54) is 32.1 Å². The summed E-state index contributed by atoms with van der Waals surface area (Å²) in [7, 11) is 3.58. The van der Waals surface area contributed by atoms with Crippen LogP contribution in [0.5, 0.6) is 0 Å². The standard InChI is InChI=1S/C37H51FN2O11S/c1-19-18-35(6,47-15-11-13-25(41)26-14-12-16-52-26)31(50-32-28(43)24(40(9)10)17-20(2)48-32)22(4)30(44)36(7,38)33(45)49-23(5)37(8)29(21(3)27(19)42)39-34(46)51-37/h12,14,16,19-24,28-29,31-32,43H,15,17-18H2,1-10H3,(H,39,46)/t19-,20-,21+,22+,23-,24+,28-,29-,31-,32+,35-,36+,37-/m1/s1. The van der Waals surface area contributed by atoms with E-state index in [1.54, 1.807) is 59.3 Å². The van der Waals surface area contributed by atoms with Crippen molar-refractivity contribution in [2.45, 2.75) is 128 Å². The predicted molar refractivity (Wildman–Crippen MR) is 187 cm³/mol. The van der Waals surface area contributed by atoms with Gasteiger partial charge in [-0.25, -0.2) is 14.0 Å². The summed E-state index contributed by atoms with van der Waals surface area (Å²) in [5.41, 5.74) is -6.48. The maximum atomic E-state index is 16.6. The highest BCUT2D eigenvalue weighted by Gasteiger charge is 2.59. The van der Waals surface area contributed by atoms with Crippen LogP contribution in [-0.2, 0) is 38.1 Å². The molecule has 0 radical (unpaired) electrons. The number of carbonyl (C=O) groups is 5. The van der Waals surface area contributed by atoms with Crippen LogP contribution in [0.25, 0.3) is 0 Å². The first-order chi connectivity index (χ1) is 24.1. The van der Waals surface area contributed by atoms with Gasteiger partial charge in [0.15, 0.2) is 17.7 Å². The summed E-state index contributed by atoms with van der Waals surface area (Å²) in [6, 6.07) is 1.94. The van der Waals surface area contributed by atoms with Gasteiger partial charge in [-0.1, -0.05) is 32.8 Å². The molecule has 3 aliphatic rings. The molecule has 13 nitrogen and oxygen atoms in total. The molecule has 4 heterocycles. The van der Waals surface area contributed by atoms with Crippen LogP contribution in [0.1, 0.15) is 77.9 Å². The van der Waals surface area contributed by atoms with E-state index in [1.807, 2.05) is 4.90 Å². The second kappa shape index (κ2) is 16.0. The highest BCUT2D eigenvalue weighted by Crippen LogP contribution is 2.40. The van der Waals surface area contributed by atoms with Crippen molar-refractivity contribution < 1.29 is 57.2 Å². The Morgan fingerprint density at radius 1 is 1.12 bits per heavy atom. The largest absolute Gasteiger partial charge is 0.456 e. The molecule has 52 heavy (non-hydrogen) atoms. The van der Waals surface area contributed by atoms with E-state index in [4.69, 9.17) is 23.7 Å². The molecule has 0 spiro atoms. The van der Waals surface area contributed by atoms with Crippen molar-refractivity contribution >= 4 is 40.7 Å². The van der Waals surface area contributed by atoms with Crippen molar-refractivity contribution in [1.82, 2.24) is 10.2 Å². The third kappa shape index (κ3) is 8.42. The van der Waals surface area contributed by atoms with Crippen LogP contribution in [0.4, 0.5) is 9.18 Å². The van der Waals surface area contributed by atoms with E-state index in [0.717, 1.165) is 6.92 Å². The lowest BCUT2D eigenvalue weighted by Gasteiger charge is -2.47. The number of halogens is 1. The first kappa shape index (κ1) is 41.5. The van der Waals surface area contributed by atoms with Crippen LogP contribution < -0.4 is 5.32 Å². The number of hydrogen-bond donors (Lipinski definition) is 2. The number of alkyl halides is 1. The minimum absolute atomic E-state index is 0.129. The van der Waals surface area contributed by atoms with Crippen molar-refractivity contribution in [3.05, 3.63) is 22.4 Å². The summed E-state index contributed by atoms with van der Waals surface area (Å²) in [6.45, 7) is 11.3. The molecule has 0 unspecified atom stereocenters. The molecular weight excluding hydrogens is 699 g/mol. The molecule has 13 atom stereocenters. The quantitative estimate of drug-likeness (QED) is 0.143. The van der Waals surface area contributed by atoms with Gasteiger partial charge in [-0.05, 0) is 78.9 Å². The topological polar surface area (TPSA) is 167 Å². The second-order valence-electron chi connectivity index (χ2n) is 15.0. The summed E-state index contributed by atoms with van der Waals surface area (Å²) in [5, 5.41) is 15.8. The van der Waals surface area contributed by atoms with Gasteiger partial charge < -0.3 is 39.0 Å². The zero-order valence-electron chi connectivity index (χ0n) is 31.4. The number of Topliss-reactive ketones (excluding diaryl/α,β-unsaturated/α-hetero) is 3. The number of fused-ring (bicyclic) bond motifs is 1. The predicted octanol–water partition coefficient (Wildman–Crippen LogP) is 3.50. The number of alkyl carbamates (subject to hydrolysis) is 1. The summed E-state index contributed by atoms with van der Waals surface area (Å²) in [5.74, 6) is -1.48. The Hall–Kier alpha value is -3.26. The first-order valence-corrected chi connectivity index (χ1v) is 18.4. The number of esters is 1. The number of nitrogens with one attached hydrogen (secondary N) is 1. The third-order valence-electron chi connectivity index (χ3n) is 10.7. The lowest BCUT2D eigenvalue weighted by atomic mass is 9.73. The van der Waals surface area contributed by atoms with Crippen LogP contribution in [0.2, 0.25) is 0 Å². The molecule has 1 amide bonds. The summed E-state index contributed by atoms with van der Waals surface area (Å²) < 4.78 is 46.5. The van der Waals surface area contributed by atoms with Crippen LogP contribution in [0.15, 0.2) is 17.5 Å². The Kier molecular flexibility index (Phi) is 12.8. The smallest absolute Gasteiger partial charge is 0.408 e. The van der Waals surface area contributed by atoms with E-state index >= 15 is 4.39 Å². The molecule has 4 rings (SSSR count). The van der Waals surface area contributed by atoms with Crippen LogP contribution in [-0.4, -0.2) is 120 Å². The number of hydrogen-bond acceptors (Lipinski definition) is 13. The highest BCUT2D eigenvalue weighted by molar-refractivity contribution is 7.12. The maximum Gasteiger partial charge on any atom is 0.408 e. The molecule has 0 aliphatic carbocycles. The maximum absolute atomic E-state index is 16.6. The Morgan fingerprint density at radius 2 is 1.79 bits per heavy atom. The monoisotopic (exact) mass is 750 g/mol. The van der Waals surface area contributed by atoms with E-state index in [-0.39, 0.29) is 18.8 Å². The van der Waals surface area contributed by atoms with Gasteiger partial charge in [-0.2, -0.15) is 0 Å². The normalized spacial score (nSPS) is 40.5. The number of nitrogens with zero attached hydrogens (tertiary/aromatic N) is 1. The highest BCUT2D eigenvalue weighted by atomic mass is 32.1. The van der Waals surface area contributed by atoms with Crippen LogP contribution in [0.3, 0.4) is 0 Å². The van der Waals surface area contributed by atoms with E-state index in [0.29, 0.717) is 11.3 Å². The Balaban J connectivity index is 1.82. The van der Waals surface area contributed by atoms with E-state index < -0.39 is 101 Å². The van der Waals surface area contributed by atoms with Crippen LogP contribution in [0, 0.1) is 29.6 Å². The molecule has 288 valence electrons. The van der Waals surface area contributed by atoms with Crippen LogP contribution >= 0.6 is 11.3 Å².